The lowest BCUT2D eigenvalue weighted by Gasteiger charge is -1.99. The van der Waals surface area contributed by atoms with Gasteiger partial charge in [0.1, 0.15) is 5.03 Å². The number of aromatic nitrogens is 1. The van der Waals surface area contributed by atoms with E-state index < -0.39 is 0 Å². The molecule has 0 aliphatic rings. The molecule has 1 aromatic heterocycles. The van der Waals surface area contributed by atoms with Crippen LogP contribution in [0, 0.1) is 0 Å². The summed E-state index contributed by atoms with van der Waals surface area (Å²) in [6.07, 6.45) is 3.24. The highest BCUT2D eigenvalue weighted by molar-refractivity contribution is 7.13. The number of carbonyl (C=O) groups is 1. The monoisotopic (exact) mass is 264 g/mol. The summed E-state index contributed by atoms with van der Waals surface area (Å²) in [7, 11) is 0. The number of carbonyl (C=O) groups excluding carboxylic acids is 1. The molecule has 0 atom stereocenters. The van der Waals surface area contributed by atoms with E-state index >= 15 is 0 Å². The zero-order chi connectivity index (χ0) is 12.1. The van der Waals surface area contributed by atoms with E-state index in [1.807, 2.05) is 30.3 Å². The van der Waals surface area contributed by atoms with Crippen molar-refractivity contribution in [2.45, 2.75) is 0 Å². The Balaban J connectivity index is 2.07. The SMILES string of the molecule is O=C(Nc1nccs1)C(Cl)=Cc1ccccc1. The van der Waals surface area contributed by atoms with Crippen molar-refractivity contribution in [3.63, 3.8) is 0 Å². The molecular formula is C12H9ClN2OS. The third-order valence-electron chi connectivity index (χ3n) is 1.96. The third kappa shape index (κ3) is 3.41. The molecule has 1 aromatic carbocycles. The maximum Gasteiger partial charge on any atom is 0.268 e. The number of nitrogens with one attached hydrogen (secondary N) is 1. The van der Waals surface area contributed by atoms with Crippen molar-refractivity contribution in [2.24, 2.45) is 0 Å². The fourth-order valence-electron chi connectivity index (χ4n) is 1.20. The van der Waals surface area contributed by atoms with Crippen molar-refractivity contribution in [1.29, 1.82) is 0 Å². The molecule has 0 bridgehead atoms. The van der Waals surface area contributed by atoms with E-state index in [-0.39, 0.29) is 10.9 Å². The van der Waals surface area contributed by atoms with Crippen LogP contribution in [0.25, 0.3) is 6.08 Å². The normalized spacial score (nSPS) is 11.2. The summed E-state index contributed by atoms with van der Waals surface area (Å²) < 4.78 is 0. The quantitative estimate of drug-likeness (QED) is 0.864. The van der Waals surface area contributed by atoms with Gasteiger partial charge in [-0.05, 0) is 11.6 Å². The standard InChI is InChI=1S/C12H9ClN2OS/c13-10(8-9-4-2-1-3-5-9)11(16)15-12-14-6-7-17-12/h1-8H,(H,14,15,16). The summed E-state index contributed by atoms with van der Waals surface area (Å²) in [6, 6.07) is 9.42. The van der Waals surface area contributed by atoms with Crippen molar-refractivity contribution in [3.8, 4) is 0 Å². The van der Waals surface area contributed by atoms with Crippen molar-refractivity contribution >= 4 is 40.1 Å². The molecule has 0 aliphatic heterocycles. The third-order valence-corrected chi connectivity index (χ3v) is 2.93. The molecule has 2 rings (SSSR count). The van der Waals surface area contributed by atoms with Crippen LogP contribution in [0.3, 0.4) is 0 Å². The Kier molecular flexibility index (Phi) is 3.90. The molecule has 0 unspecified atom stereocenters. The number of thiazole rings is 1. The topological polar surface area (TPSA) is 42.0 Å². The Morgan fingerprint density at radius 1 is 1.35 bits per heavy atom. The summed E-state index contributed by atoms with van der Waals surface area (Å²) >= 11 is 7.25. The zero-order valence-electron chi connectivity index (χ0n) is 8.76. The number of hydrogen-bond acceptors (Lipinski definition) is 3. The first kappa shape index (κ1) is 11.8. The molecule has 0 saturated heterocycles. The van der Waals surface area contributed by atoms with Crippen LogP contribution in [0.2, 0.25) is 0 Å². The van der Waals surface area contributed by atoms with Gasteiger partial charge in [0.15, 0.2) is 5.13 Å². The first-order valence-corrected chi connectivity index (χ1v) is 6.14. The first-order chi connectivity index (χ1) is 8.25. The summed E-state index contributed by atoms with van der Waals surface area (Å²) in [5.41, 5.74) is 0.881. The Bertz CT molecular complexity index is 523. The summed E-state index contributed by atoms with van der Waals surface area (Å²) in [6.45, 7) is 0. The second-order valence-corrected chi connectivity index (χ2v) is 4.50. The molecular weight excluding hydrogens is 256 g/mol. The summed E-state index contributed by atoms with van der Waals surface area (Å²) in [5.74, 6) is -0.356. The average molecular weight is 265 g/mol. The maximum atomic E-state index is 11.7. The number of benzene rings is 1. The van der Waals surface area contributed by atoms with Gasteiger partial charge in [-0.3, -0.25) is 10.1 Å². The van der Waals surface area contributed by atoms with Crippen LogP contribution in [0.15, 0.2) is 46.9 Å². The lowest BCUT2D eigenvalue weighted by atomic mass is 10.2. The summed E-state index contributed by atoms with van der Waals surface area (Å²) in [5, 5.41) is 5.06. The van der Waals surface area contributed by atoms with E-state index in [0.717, 1.165) is 5.56 Å². The van der Waals surface area contributed by atoms with Gasteiger partial charge < -0.3 is 0 Å². The summed E-state index contributed by atoms with van der Waals surface area (Å²) in [4.78, 5) is 15.6. The van der Waals surface area contributed by atoms with Crippen molar-refractivity contribution in [3.05, 3.63) is 52.5 Å². The molecule has 0 radical (unpaired) electrons. The van der Waals surface area contributed by atoms with Gasteiger partial charge in [0.05, 0.1) is 0 Å². The van der Waals surface area contributed by atoms with Crippen molar-refractivity contribution < 1.29 is 4.79 Å². The maximum absolute atomic E-state index is 11.7. The molecule has 86 valence electrons. The number of halogens is 1. The van der Waals surface area contributed by atoms with Crippen LogP contribution in [0.4, 0.5) is 5.13 Å². The molecule has 5 heteroatoms. The highest BCUT2D eigenvalue weighted by atomic mass is 35.5. The molecule has 3 nitrogen and oxygen atoms in total. The molecule has 1 heterocycles. The van der Waals surface area contributed by atoms with E-state index in [1.54, 1.807) is 17.7 Å². The van der Waals surface area contributed by atoms with E-state index in [2.05, 4.69) is 10.3 Å². The number of nitrogens with zero attached hydrogens (tertiary/aromatic N) is 1. The molecule has 2 aromatic rings. The van der Waals surface area contributed by atoms with E-state index in [4.69, 9.17) is 11.6 Å². The van der Waals surface area contributed by atoms with Crippen LogP contribution in [-0.2, 0) is 4.79 Å². The van der Waals surface area contributed by atoms with Crippen molar-refractivity contribution in [2.75, 3.05) is 5.32 Å². The van der Waals surface area contributed by atoms with Gasteiger partial charge in [-0.1, -0.05) is 41.9 Å². The zero-order valence-corrected chi connectivity index (χ0v) is 10.3. The highest BCUT2D eigenvalue weighted by Crippen LogP contribution is 2.15. The van der Waals surface area contributed by atoms with Gasteiger partial charge in [0.25, 0.3) is 5.91 Å². The largest absolute Gasteiger partial charge is 0.297 e. The van der Waals surface area contributed by atoms with Crippen molar-refractivity contribution in [1.82, 2.24) is 4.98 Å². The second-order valence-electron chi connectivity index (χ2n) is 3.19. The minimum absolute atomic E-state index is 0.131. The number of anilines is 1. The molecule has 0 saturated carbocycles. The number of amides is 1. The Hall–Kier alpha value is -1.65. The van der Waals surface area contributed by atoms with Crippen LogP contribution in [0.5, 0.6) is 0 Å². The lowest BCUT2D eigenvalue weighted by Crippen LogP contribution is -2.10. The minimum Gasteiger partial charge on any atom is -0.297 e. The van der Waals surface area contributed by atoms with Gasteiger partial charge in [0.2, 0.25) is 0 Å². The fourth-order valence-corrected chi connectivity index (χ4v) is 1.90. The van der Waals surface area contributed by atoms with Gasteiger partial charge in [0, 0.05) is 11.6 Å². The second kappa shape index (κ2) is 5.61. The Morgan fingerprint density at radius 3 is 2.76 bits per heavy atom. The Labute approximate surface area is 108 Å². The number of hydrogen-bond donors (Lipinski definition) is 1. The van der Waals surface area contributed by atoms with Gasteiger partial charge in [-0.2, -0.15) is 0 Å². The van der Waals surface area contributed by atoms with Gasteiger partial charge in [-0.15, -0.1) is 11.3 Å². The Morgan fingerprint density at radius 2 is 2.12 bits per heavy atom. The van der Waals surface area contributed by atoms with E-state index in [9.17, 15) is 4.79 Å². The highest BCUT2D eigenvalue weighted by Gasteiger charge is 2.08. The minimum atomic E-state index is -0.356. The molecule has 0 aliphatic carbocycles. The van der Waals surface area contributed by atoms with Gasteiger partial charge in [-0.25, -0.2) is 4.98 Å². The molecule has 0 fully saturated rings. The number of rotatable bonds is 3. The molecule has 17 heavy (non-hydrogen) atoms. The fraction of sp³-hybridized carbons (Fsp3) is 0. The van der Waals surface area contributed by atoms with Crippen LogP contribution < -0.4 is 5.32 Å². The van der Waals surface area contributed by atoms with Crippen LogP contribution in [0.1, 0.15) is 5.56 Å². The lowest BCUT2D eigenvalue weighted by molar-refractivity contribution is -0.112. The molecule has 0 spiro atoms. The van der Waals surface area contributed by atoms with Crippen LogP contribution >= 0.6 is 22.9 Å². The van der Waals surface area contributed by atoms with E-state index in [1.165, 1.54) is 11.3 Å². The molecule has 1 N–H and O–H groups in total. The van der Waals surface area contributed by atoms with Crippen LogP contribution in [-0.4, -0.2) is 10.9 Å². The van der Waals surface area contributed by atoms with Gasteiger partial charge >= 0.3 is 0 Å². The molecule has 1 amide bonds. The predicted molar refractivity (Wildman–Crippen MR) is 71.0 cm³/mol. The smallest absolute Gasteiger partial charge is 0.268 e. The first-order valence-electron chi connectivity index (χ1n) is 4.89. The predicted octanol–water partition coefficient (Wildman–Crippen LogP) is 3.36. The van der Waals surface area contributed by atoms with E-state index in [0.29, 0.717) is 5.13 Å². The average Bonchev–Trinajstić information content (AvgIpc) is 2.83.